The molecular weight excluding hydrogens is 440 g/mol. The van der Waals surface area contributed by atoms with Crippen LogP contribution in [0.15, 0.2) is 36.5 Å². The summed E-state index contributed by atoms with van der Waals surface area (Å²) < 4.78 is 1.69. The highest BCUT2D eigenvalue weighted by atomic mass is 16.4. The van der Waals surface area contributed by atoms with Crippen LogP contribution in [0.1, 0.15) is 24.1 Å². The van der Waals surface area contributed by atoms with Gasteiger partial charge >= 0.3 is 5.97 Å². The highest BCUT2D eigenvalue weighted by Gasteiger charge is 2.43. The molecular formula is C22H32N8O4. The molecule has 0 bridgehead atoms. The molecule has 7 N–H and O–H groups in total. The average Bonchev–Trinajstić information content (AvgIpc) is 3.45. The number of hydrogen-bond donors (Lipinski definition) is 5. The molecule has 2 aromatic rings. The van der Waals surface area contributed by atoms with Crippen molar-refractivity contribution in [2.24, 2.45) is 23.3 Å². The number of benzene rings is 1. The van der Waals surface area contributed by atoms with E-state index < -0.39 is 29.9 Å². The fourth-order valence-corrected chi connectivity index (χ4v) is 3.93. The van der Waals surface area contributed by atoms with E-state index in [-0.39, 0.29) is 31.2 Å². The lowest BCUT2D eigenvalue weighted by molar-refractivity contribution is -0.139. The molecule has 1 aliphatic rings. The molecule has 1 fully saturated rings. The fourth-order valence-electron chi connectivity index (χ4n) is 3.93. The van der Waals surface area contributed by atoms with Crippen LogP contribution in [0.3, 0.4) is 0 Å². The minimum atomic E-state index is -1.07. The minimum Gasteiger partial charge on any atom is -0.480 e. The molecule has 1 aromatic carbocycles. The molecule has 0 spiro atoms. The second-order valence-corrected chi connectivity index (χ2v) is 8.70. The molecule has 2 amide bonds. The maximum absolute atomic E-state index is 12.8. The predicted octanol–water partition coefficient (Wildman–Crippen LogP) is -1.29. The van der Waals surface area contributed by atoms with Crippen molar-refractivity contribution >= 4 is 17.8 Å². The number of nitrogens with one attached hydrogen (secondary N) is 2. The summed E-state index contributed by atoms with van der Waals surface area (Å²) in [5, 5.41) is 21.1. The highest BCUT2D eigenvalue weighted by Crippen LogP contribution is 2.41. The van der Waals surface area contributed by atoms with Crippen molar-refractivity contribution in [3.63, 3.8) is 0 Å². The summed E-state index contributed by atoms with van der Waals surface area (Å²) in [6.07, 6.45) is 2.76. The van der Waals surface area contributed by atoms with Gasteiger partial charge in [0.25, 0.3) is 0 Å². The van der Waals surface area contributed by atoms with Crippen LogP contribution in [0.25, 0.3) is 0 Å². The van der Waals surface area contributed by atoms with Gasteiger partial charge in [0, 0.05) is 32.1 Å². The van der Waals surface area contributed by atoms with Gasteiger partial charge in [-0.1, -0.05) is 35.5 Å². The molecule has 184 valence electrons. The number of likely N-dealkylation sites (N-methyl/N-ethyl adjacent to an activating group) is 1. The molecule has 4 atom stereocenters. The van der Waals surface area contributed by atoms with Crippen LogP contribution in [0.2, 0.25) is 0 Å². The molecule has 0 radical (unpaired) electrons. The topological polar surface area (TPSA) is 181 Å². The summed E-state index contributed by atoms with van der Waals surface area (Å²) in [5.74, 6) is -1.55. The first-order chi connectivity index (χ1) is 16.2. The van der Waals surface area contributed by atoms with Crippen LogP contribution in [0.5, 0.6) is 0 Å². The van der Waals surface area contributed by atoms with Crippen LogP contribution < -0.4 is 22.2 Å². The Kier molecular flexibility index (Phi) is 8.68. The monoisotopic (exact) mass is 472 g/mol. The molecule has 12 nitrogen and oxygen atoms in total. The van der Waals surface area contributed by atoms with Crippen LogP contribution >= 0.6 is 0 Å². The first-order valence-corrected chi connectivity index (χ1v) is 11.2. The zero-order chi connectivity index (χ0) is 24.7. The van der Waals surface area contributed by atoms with Crippen molar-refractivity contribution in [3.05, 3.63) is 47.8 Å². The number of hydrazine groups is 1. The van der Waals surface area contributed by atoms with Gasteiger partial charge in [0.05, 0.1) is 18.3 Å². The van der Waals surface area contributed by atoms with Crippen molar-refractivity contribution < 1.29 is 19.5 Å². The second kappa shape index (κ2) is 11.7. The van der Waals surface area contributed by atoms with E-state index in [1.54, 1.807) is 10.9 Å². The lowest BCUT2D eigenvalue weighted by Crippen LogP contribution is -2.50. The number of carbonyl (C=O) groups is 3. The number of carboxylic acids is 1. The number of carboxylic acid groups (broad SMARTS) is 1. The smallest absolute Gasteiger partial charge is 0.319 e. The first kappa shape index (κ1) is 25.3. The van der Waals surface area contributed by atoms with E-state index in [0.29, 0.717) is 18.8 Å². The van der Waals surface area contributed by atoms with Crippen molar-refractivity contribution in [1.29, 1.82) is 0 Å². The number of aliphatic carboxylic acids is 1. The summed E-state index contributed by atoms with van der Waals surface area (Å²) in [6, 6.07) is 8.51. The molecule has 0 saturated heterocycles. The number of carbonyl (C=O) groups excluding carboxylic acids is 2. The zero-order valence-electron chi connectivity index (χ0n) is 19.1. The molecule has 0 aliphatic heterocycles. The van der Waals surface area contributed by atoms with Gasteiger partial charge in [0.1, 0.15) is 6.54 Å². The van der Waals surface area contributed by atoms with Crippen molar-refractivity contribution in [2.45, 2.75) is 37.9 Å². The lowest BCUT2D eigenvalue weighted by Gasteiger charge is -2.22. The number of rotatable bonds is 13. The molecule has 34 heavy (non-hydrogen) atoms. The molecule has 1 heterocycles. The molecule has 1 saturated carbocycles. The van der Waals surface area contributed by atoms with Crippen LogP contribution in [-0.2, 0) is 27.3 Å². The van der Waals surface area contributed by atoms with E-state index in [1.807, 2.05) is 30.3 Å². The number of nitrogens with two attached hydrogens (primary N) is 2. The molecule has 1 aliphatic carbocycles. The quantitative estimate of drug-likeness (QED) is 0.222. The SMILES string of the molecule is CN(CC(=O)O)NC(=O)C[C@@H](NC(=O)[C@@H](N)Cc1cn(Cc2ccccc2)nn1)[C@H]1C[C@H]1CN. The largest absolute Gasteiger partial charge is 0.480 e. The summed E-state index contributed by atoms with van der Waals surface area (Å²) in [5.41, 5.74) is 16.0. The number of hydrogen-bond acceptors (Lipinski definition) is 8. The Morgan fingerprint density at radius 1 is 1.29 bits per heavy atom. The van der Waals surface area contributed by atoms with Gasteiger partial charge in [-0.05, 0) is 30.4 Å². The Morgan fingerprint density at radius 2 is 2.03 bits per heavy atom. The van der Waals surface area contributed by atoms with E-state index in [4.69, 9.17) is 16.6 Å². The van der Waals surface area contributed by atoms with Gasteiger partial charge < -0.3 is 21.9 Å². The van der Waals surface area contributed by atoms with Gasteiger partial charge in [-0.25, -0.2) is 9.69 Å². The van der Waals surface area contributed by atoms with Crippen molar-refractivity contribution in [3.8, 4) is 0 Å². The third kappa shape index (κ3) is 7.61. The Hall–Kier alpha value is -3.35. The maximum Gasteiger partial charge on any atom is 0.319 e. The maximum atomic E-state index is 12.8. The van der Waals surface area contributed by atoms with Crippen molar-refractivity contribution in [1.82, 2.24) is 30.7 Å². The Balaban J connectivity index is 1.54. The molecule has 0 unspecified atom stereocenters. The summed E-state index contributed by atoms with van der Waals surface area (Å²) in [6.45, 7) is 0.687. The highest BCUT2D eigenvalue weighted by molar-refractivity contribution is 5.83. The predicted molar refractivity (Wildman–Crippen MR) is 123 cm³/mol. The van der Waals surface area contributed by atoms with E-state index >= 15 is 0 Å². The Labute approximate surface area is 197 Å². The Bertz CT molecular complexity index is 982. The second-order valence-electron chi connectivity index (χ2n) is 8.70. The molecule has 12 heteroatoms. The van der Waals surface area contributed by atoms with Gasteiger partial charge in [-0.3, -0.25) is 19.8 Å². The van der Waals surface area contributed by atoms with Gasteiger partial charge in [0.2, 0.25) is 11.8 Å². The third-order valence-corrected chi connectivity index (χ3v) is 5.76. The normalized spacial score (nSPS) is 18.8. The molecule has 1 aromatic heterocycles. The Morgan fingerprint density at radius 3 is 2.68 bits per heavy atom. The van der Waals surface area contributed by atoms with Crippen LogP contribution in [0.4, 0.5) is 0 Å². The van der Waals surface area contributed by atoms with E-state index in [9.17, 15) is 14.4 Å². The molecule has 3 rings (SSSR count). The summed E-state index contributed by atoms with van der Waals surface area (Å²) in [7, 11) is 1.46. The standard InChI is InChI=1S/C22H32N8O4/c1-29(13-21(32)33)27-20(31)9-19(17-7-15(17)10-23)25-22(34)18(24)8-16-12-30(28-26-16)11-14-5-3-2-4-6-14/h2-6,12,15,17-19H,7-11,13,23-24H2,1H3,(H,25,34)(H,27,31)(H,32,33)/t15-,17-,18-,19+/m0/s1. The minimum absolute atomic E-state index is 0.00313. The summed E-state index contributed by atoms with van der Waals surface area (Å²) in [4.78, 5) is 36.0. The van der Waals surface area contributed by atoms with Crippen LogP contribution in [-0.4, -0.2) is 75.1 Å². The number of nitrogens with zero attached hydrogens (tertiary/aromatic N) is 4. The van der Waals surface area contributed by atoms with E-state index in [2.05, 4.69) is 21.1 Å². The number of aromatic nitrogens is 3. The van der Waals surface area contributed by atoms with E-state index in [0.717, 1.165) is 12.0 Å². The van der Waals surface area contributed by atoms with Gasteiger partial charge in [0.15, 0.2) is 0 Å². The van der Waals surface area contributed by atoms with E-state index in [1.165, 1.54) is 12.1 Å². The first-order valence-electron chi connectivity index (χ1n) is 11.2. The van der Waals surface area contributed by atoms with Crippen molar-refractivity contribution in [2.75, 3.05) is 20.1 Å². The summed E-state index contributed by atoms with van der Waals surface area (Å²) >= 11 is 0. The fraction of sp³-hybridized carbons (Fsp3) is 0.500. The third-order valence-electron chi connectivity index (χ3n) is 5.76. The zero-order valence-corrected chi connectivity index (χ0v) is 19.1. The lowest BCUT2D eigenvalue weighted by atomic mass is 10.0. The van der Waals surface area contributed by atoms with Gasteiger partial charge in [-0.15, -0.1) is 5.10 Å². The van der Waals surface area contributed by atoms with Crippen LogP contribution in [0, 0.1) is 11.8 Å². The average molecular weight is 473 g/mol. The van der Waals surface area contributed by atoms with Gasteiger partial charge in [-0.2, -0.15) is 0 Å². The number of amides is 2.